The van der Waals surface area contributed by atoms with Crippen molar-refractivity contribution in [2.24, 2.45) is 10.9 Å². The average molecular weight is 183 g/mol. The van der Waals surface area contributed by atoms with Gasteiger partial charge in [-0.2, -0.15) is 0 Å². The molecule has 0 saturated carbocycles. The molecule has 0 fully saturated rings. The van der Waals surface area contributed by atoms with E-state index < -0.39 is 0 Å². The molecule has 2 nitrogen and oxygen atoms in total. The molecule has 2 heteroatoms. The predicted octanol–water partition coefficient (Wildman–Crippen LogP) is 3.02. The van der Waals surface area contributed by atoms with Gasteiger partial charge in [0.15, 0.2) is 5.90 Å². The smallest absolute Gasteiger partial charge is 0.186 e. The Balaban J connectivity index is 2.21. The second-order valence-corrected chi connectivity index (χ2v) is 3.82. The number of nitrogens with zero attached hydrogens (tertiary/aromatic N) is 1. The van der Waals surface area contributed by atoms with E-state index in [1.54, 1.807) is 0 Å². The maximum absolute atomic E-state index is 5.52. The molecule has 76 valence electrons. The number of ether oxygens (including phenoxy) is 1. The van der Waals surface area contributed by atoms with E-state index in [0.717, 1.165) is 25.5 Å². The molecular formula is C11H21NO. The maximum Gasteiger partial charge on any atom is 0.186 e. The Hall–Kier alpha value is -0.530. The zero-order chi connectivity index (χ0) is 9.52. The van der Waals surface area contributed by atoms with E-state index in [-0.39, 0.29) is 0 Å². The highest BCUT2D eigenvalue weighted by Crippen LogP contribution is 2.14. The first-order chi connectivity index (χ1) is 6.34. The third-order valence-electron chi connectivity index (χ3n) is 2.48. The number of unbranched alkanes of at least 4 members (excludes halogenated alkanes) is 2. The molecule has 1 atom stereocenters. The lowest BCUT2D eigenvalue weighted by Gasteiger charge is -2.19. The predicted molar refractivity (Wildman–Crippen MR) is 56.2 cm³/mol. The molecule has 1 rings (SSSR count). The van der Waals surface area contributed by atoms with Crippen LogP contribution in [0.1, 0.15) is 46.0 Å². The van der Waals surface area contributed by atoms with Crippen LogP contribution < -0.4 is 0 Å². The topological polar surface area (TPSA) is 21.6 Å². The molecule has 0 aromatic rings. The van der Waals surface area contributed by atoms with Gasteiger partial charge in [-0.05, 0) is 6.42 Å². The zero-order valence-corrected chi connectivity index (χ0v) is 8.88. The van der Waals surface area contributed by atoms with Gasteiger partial charge in [0.1, 0.15) is 0 Å². The molecule has 0 aliphatic carbocycles. The summed E-state index contributed by atoms with van der Waals surface area (Å²) in [6, 6.07) is 0. The van der Waals surface area contributed by atoms with Crippen LogP contribution in [0.2, 0.25) is 0 Å². The van der Waals surface area contributed by atoms with Crippen molar-refractivity contribution in [1.29, 1.82) is 0 Å². The molecule has 0 saturated heterocycles. The largest absolute Gasteiger partial charge is 0.481 e. The molecule has 1 heterocycles. The molecule has 13 heavy (non-hydrogen) atoms. The monoisotopic (exact) mass is 183 g/mol. The van der Waals surface area contributed by atoms with E-state index in [9.17, 15) is 0 Å². The highest BCUT2D eigenvalue weighted by molar-refractivity contribution is 5.78. The van der Waals surface area contributed by atoms with Gasteiger partial charge < -0.3 is 4.74 Å². The van der Waals surface area contributed by atoms with Gasteiger partial charge in [-0.25, -0.2) is 0 Å². The van der Waals surface area contributed by atoms with Crippen LogP contribution in [0.15, 0.2) is 4.99 Å². The highest BCUT2D eigenvalue weighted by Gasteiger charge is 2.13. The highest BCUT2D eigenvalue weighted by atomic mass is 16.5. The first kappa shape index (κ1) is 10.6. The summed E-state index contributed by atoms with van der Waals surface area (Å²) in [6.45, 7) is 6.30. The Kier molecular flexibility index (Phi) is 4.87. The Morgan fingerprint density at radius 1 is 1.46 bits per heavy atom. The van der Waals surface area contributed by atoms with E-state index >= 15 is 0 Å². The van der Waals surface area contributed by atoms with Gasteiger partial charge in [0.25, 0.3) is 0 Å². The third kappa shape index (κ3) is 3.79. The number of rotatable bonds is 5. The average Bonchev–Trinajstić information content (AvgIpc) is 2.19. The molecule has 0 bridgehead atoms. The summed E-state index contributed by atoms with van der Waals surface area (Å²) in [5.74, 6) is 1.54. The molecule has 0 amide bonds. The minimum Gasteiger partial charge on any atom is -0.481 e. The quantitative estimate of drug-likeness (QED) is 0.600. The molecule has 1 unspecified atom stereocenters. The molecule has 0 N–H and O–H groups in total. The van der Waals surface area contributed by atoms with Gasteiger partial charge in [0.2, 0.25) is 0 Å². The fourth-order valence-electron chi connectivity index (χ4n) is 1.60. The summed E-state index contributed by atoms with van der Waals surface area (Å²) in [5.41, 5.74) is 0. The van der Waals surface area contributed by atoms with E-state index in [1.807, 2.05) is 0 Å². The third-order valence-corrected chi connectivity index (χ3v) is 2.48. The van der Waals surface area contributed by atoms with Crippen LogP contribution in [-0.2, 0) is 4.74 Å². The summed E-state index contributed by atoms with van der Waals surface area (Å²) in [5, 5.41) is 0. The van der Waals surface area contributed by atoms with E-state index in [1.165, 1.54) is 25.7 Å². The van der Waals surface area contributed by atoms with Gasteiger partial charge in [-0.15, -0.1) is 0 Å². The van der Waals surface area contributed by atoms with Crippen LogP contribution >= 0.6 is 0 Å². The Labute approximate surface area is 81.4 Å². The molecule has 0 spiro atoms. The zero-order valence-electron chi connectivity index (χ0n) is 8.88. The first-order valence-corrected chi connectivity index (χ1v) is 5.51. The van der Waals surface area contributed by atoms with Crippen LogP contribution in [0.4, 0.5) is 0 Å². The van der Waals surface area contributed by atoms with Crippen molar-refractivity contribution in [3.63, 3.8) is 0 Å². The lowest BCUT2D eigenvalue weighted by atomic mass is 10.0. The standard InChI is InChI=1S/C11H21NO/c1-3-4-5-7-10(2)11-12-8-6-9-13-11/h10H,3-9H2,1-2H3. The molecule has 0 radical (unpaired) electrons. The van der Waals surface area contributed by atoms with Gasteiger partial charge in [0, 0.05) is 18.9 Å². The van der Waals surface area contributed by atoms with Crippen molar-refractivity contribution in [2.75, 3.05) is 13.2 Å². The van der Waals surface area contributed by atoms with Crippen molar-refractivity contribution in [3.05, 3.63) is 0 Å². The number of hydrogen-bond acceptors (Lipinski definition) is 2. The second kappa shape index (κ2) is 6.01. The van der Waals surface area contributed by atoms with Gasteiger partial charge in [-0.1, -0.05) is 33.1 Å². The molecule has 1 aliphatic rings. The maximum atomic E-state index is 5.52. The molecule has 1 aliphatic heterocycles. The van der Waals surface area contributed by atoms with Crippen molar-refractivity contribution in [2.45, 2.75) is 46.0 Å². The minimum atomic E-state index is 0.534. The van der Waals surface area contributed by atoms with Gasteiger partial charge >= 0.3 is 0 Å². The summed E-state index contributed by atoms with van der Waals surface area (Å²) >= 11 is 0. The summed E-state index contributed by atoms with van der Waals surface area (Å²) in [4.78, 5) is 4.40. The van der Waals surface area contributed by atoms with Crippen LogP contribution in [0, 0.1) is 5.92 Å². The van der Waals surface area contributed by atoms with Gasteiger partial charge in [0.05, 0.1) is 6.61 Å². The van der Waals surface area contributed by atoms with Crippen LogP contribution in [-0.4, -0.2) is 19.0 Å². The normalized spacial score (nSPS) is 19.1. The lowest BCUT2D eigenvalue weighted by molar-refractivity contribution is 0.258. The van der Waals surface area contributed by atoms with E-state index in [0.29, 0.717) is 5.92 Å². The molecular weight excluding hydrogens is 162 g/mol. The minimum absolute atomic E-state index is 0.534. The van der Waals surface area contributed by atoms with Crippen molar-refractivity contribution in [1.82, 2.24) is 0 Å². The van der Waals surface area contributed by atoms with Crippen molar-refractivity contribution >= 4 is 5.90 Å². The summed E-state index contributed by atoms with van der Waals surface area (Å²) < 4.78 is 5.52. The molecule has 0 aromatic heterocycles. The molecule has 0 aromatic carbocycles. The van der Waals surface area contributed by atoms with Crippen LogP contribution in [0.5, 0.6) is 0 Å². The SMILES string of the molecule is CCCCCC(C)C1=NCCCO1. The number of aliphatic imine (C=N–C) groups is 1. The van der Waals surface area contributed by atoms with E-state index in [4.69, 9.17) is 4.74 Å². The summed E-state index contributed by atoms with van der Waals surface area (Å²) in [7, 11) is 0. The van der Waals surface area contributed by atoms with Crippen molar-refractivity contribution < 1.29 is 4.74 Å². The second-order valence-electron chi connectivity index (χ2n) is 3.82. The Morgan fingerprint density at radius 3 is 2.92 bits per heavy atom. The Bertz CT molecular complexity index is 165. The fraction of sp³-hybridized carbons (Fsp3) is 0.909. The fourth-order valence-corrected chi connectivity index (χ4v) is 1.60. The summed E-state index contributed by atoms with van der Waals surface area (Å²) in [6.07, 6.45) is 6.25. The van der Waals surface area contributed by atoms with Crippen LogP contribution in [0.3, 0.4) is 0 Å². The first-order valence-electron chi connectivity index (χ1n) is 5.51. The Morgan fingerprint density at radius 2 is 2.31 bits per heavy atom. The van der Waals surface area contributed by atoms with E-state index in [2.05, 4.69) is 18.8 Å². The van der Waals surface area contributed by atoms with Gasteiger partial charge in [-0.3, -0.25) is 4.99 Å². The van der Waals surface area contributed by atoms with Crippen molar-refractivity contribution in [3.8, 4) is 0 Å². The number of hydrogen-bond donors (Lipinski definition) is 0. The van der Waals surface area contributed by atoms with Crippen LogP contribution in [0.25, 0.3) is 0 Å². The lowest BCUT2D eigenvalue weighted by Crippen LogP contribution is -2.20.